The largest absolute Gasteiger partial charge is 0.467 e. The Labute approximate surface area is 222 Å². The molecule has 0 aliphatic rings. The fourth-order valence-corrected chi connectivity index (χ4v) is 3.82. The average molecular weight is 529 g/mol. The number of pyridine rings is 2. The van der Waals surface area contributed by atoms with Crippen LogP contribution in [0.5, 0.6) is 0 Å². The van der Waals surface area contributed by atoms with Gasteiger partial charge in [0.2, 0.25) is 0 Å². The molecule has 206 valence electrons. The zero-order valence-corrected chi connectivity index (χ0v) is 23.4. The molecule has 2 aromatic heterocycles. The van der Waals surface area contributed by atoms with E-state index in [0.29, 0.717) is 5.56 Å². The van der Waals surface area contributed by atoms with Crippen LogP contribution >= 0.6 is 0 Å². The summed E-state index contributed by atoms with van der Waals surface area (Å²) in [6.07, 6.45) is -1.95. The molecule has 2 amide bonds. The molecule has 38 heavy (non-hydrogen) atoms. The minimum Gasteiger partial charge on any atom is -0.467 e. The van der Waals surface area contributed by atoms with Gasteiger partial charge in [-0.3, -0.25) is 14.9 Å². The molecule has 0 fully saturated rings. The smallest absolute Gasteiger partial charge is 0.415 e. The second-order valence-electron chi connectivity index (χ2n) is 10.1. The Morgan fingerprint density at radius 3 is 1.76 bits per heavy atom. The molecule has 0 atom stereocenters. The minimum absolute atomic E-state index is 0.0190. The Balaban J connectivity index is 2.30. The predicted molar refractivity (Wildman–Crippen MR) is 138 cm³/mol. The number of hydrogen-bond donors (Lipinski definition) is 1. The molecule has 0 saturated heterocycles. The molecule has 2 heterocycles. The molecular weight excluding hydrogens is 492 g/mol. The maximum absolute atomic E-state index is 13.4. The van der Waals surface area contributed by atoms with Gasteiger partial charge in [-0.25, -0.2) is 19.2 Å². The number of carbonyl (C=O) groups is 4. The van der Waals surface area contributed by atoms with Gasteiger partial charge in [-0.1, -0.05) is 0 Å². The lowest BCUT2D eigenvalue weighted by molar-refractivity contribution is -0.151. The van der Waals surface area contributed by atoms with Crippen molar-refractivity contribution in [2.75, 3.05) is 7.11 Å². The Morgan fingerprint density at radius 1 is 0.816 bits per heavy atom. The number of aromatic nitrogens is 2. The molecule has 0 unspecified atom stereocenters. The lowest BCUT2D eigenvalue weighted by Crippen LogP contribution is -2.56. The molecule has 11 nitrogen and oxygen atoms in total. The van der Waals surface area contributed by atoms with Gasteiger partial charge in [-0.15, -0.1) is 0 Å². The Bertz CT molecular complexity index is 1180. The van der Waals surface area contributed by atoms with Crippen molar-refractivity contribution < 1.29 is 33.4 Å². The van der Waals surface area contributed by atoms with Gasteiger partial charge in [-0.05, 0) is 90.8 Å². The van der Waals surface area contributed by atoms with E-state index in [9.17, 15) is 19.2 Å². The maximum atomic E-state index is 13.4. The highest BCUT2D eigenvalue weighted by Gasteiger charge is 2.42. The summed E-state index contributed by atoms with van der Waals surface area (Å²) in [5.74, 6) is -1.75. The van der Waals surface area contributed by atoms with Crippen LogP contribution in [0.3, 0.4) is 0 Å². The third kappa shape index (κ3) is 7.99. The summed E-state index contributed by atoms with van der Waals surface area (Å²) >= 11 is 0. The third-order valence-corrected chi connectivity index (χ3v) is 5.68. The van der Waals surface area contributed by atoms with Crippen molar-refractivity contribution in [2.45, 2.75) is 79.6 Å². The molecule has 0 saturated carbocycles. The number of nitrogens with zero attached hydrogens (tertiary/aromatic N) is 3. The molecule has 0 bridgehead atoms. The summed E-state index contributed by atoms with van der Waals surface area (Å²) in [5, 5.41) is 2.29. The number of carbonyl (C=O) groups excluding carboxylic acids is 4. The summed E-state index contributed by atoms with van der Waals surface area (Å²) < 4.78 is 15.2. The van der Waals surface area contributed by atoms with E-state index < -0.39 is 35.2 Å². The number of alkyl carbamates (subject to hydrolysis) is 1. The predicted octanol–water partition coefficient (Wildman–Crippen LogP) is 3.83. The molecule has 0 radical (unpaired) electrons. The van der Waals surface area contributed by atoms with Gasteiger partial charge < -0.3 is 19.5 Å². The van der Waals surface area contributed by atoms with E-state index in [-0.39, 0.29) is 13.2 Å². The van der Waals surface area contributed by atoms with Gasteiger partial charge in [-0.2, -0.15) is 0 Å². The normalized spacial score (nSPS) is 11.4. The standard InChI is InChI=1S/C27H36N4O7/c1-16-10-20(11-17(2)28-16)14-31(25(35)37-15-21-12-18(3)29-19(4)13-21)27(7,8)23(33)38-24(34)30-26(5,6)22(32)36-9/h10-13H,14-15H2,1-9H3,(H,30,34). The highest BCUT2D eigenvalue weighted by molar-refractivity contribution is 5.94. The van der Waals surface area contributed by atoms with Crippen LogP contribution in [0.15, 0.2) is 24.3 Å². The first-order valence-electron chi connectivity index (χ1n) is 12.0. The molecule has 2 rings (SSSR count). The second-order valence-corrected chi connectivity index (χ2v) is 10.1. The van der Waals surface area contributed by atoms with Crippen LogP contribution in [0.4, 0.5) is 9.59 Å². The van der Waals surface area contributed by atoms with Gasteiger partial charge in [0.25, 0.3) is 0 Å². The number of methoxy groups -OCH3 is 1. The molecular formula is C27H36N4O7. The number of ether oxygens (including phenoxy) is 3. The van der Waals surface area contributed by atoms with E-state index in [1.807, 2.05) is 27.7 Å². The summed E-state index contributed by atoms with van der Waals surface area (Å²) in [7, 11) is 1.17. The Hall–Kier alpha value is -4.02. The summed E-state index contributed by atoms with van der Waals surface area (Å²) in [5.41, 5.74) is 1.40. The van der Waals surface area contributed by atoms with Gasteiger partial charge in [0, 0.05) is 22.8 Å². The number of amides is 2. The maximum Gasteiger partial charge on any atom is 0.415 e. The van der Waals surface area contributed by atoms with Crippen molar-refractivity contribution in [2.24, 2.45) is 0 Å². The summed E-state index contributed by atoms with van der Waals surface area (Å²) in [6, 6.07) is 7.17. The van der Waals surface area contributed by atoms with E-state index in [1.165, 1.54) is 39.7 Å². The topological polar surface area (TPSA) is 137 Å². The molecule has 11 heteroatoms. The summed E-state index contributed by atoms with van der Waals surface area (Å²) in [6.45, 7) is 12.9. The molecule has 0 aliphatic heterocycles. The van der Waals surface area contributed by atoms with Crippen molar-refractivity contribution in [1.29, 1.82) is 0 Å². The molecule has 0 aromatic carbocycles. The minimum atomic E-state index is -1.64. The van der Waals surface area contributed by atoms with Gasteiger partial charge in [0.1, 0.15) is 17.7 Å². The number of nitrogens with one attached hydrogen (secondary N) is 1. The average Bonchev–Trinajstić information content (AvgIpc) is 2.78. The fraction of sp³-hybridized carbons (Fsp3) is 0.481. The van der Waals surface area contributed by atoms with Crippen molar-refractivity contribution in [3.8, 4) is 0 Å². The second kappa shape index (κ2) is 12.0. The van der Waals surface area contributed by atoms with Crippen LogP contribution in [-0.4, -0.2) is 57.2 Å². The van der Waals surface area contributed by atoms with Crippen molar-refractivity contribution in [3.63, 3.8) is 0 Å². The quantitative estimate of drug-likeness (QED) is 0.308. The highest BCUT2D eigenvalue weighted by atomic mass is 16.6. The number of rotatable bonds is 8. The van der Waals surface area contributed by atoms with Crippen LogP contribution in [0, 0.1) is 27.7 Å². The first-order valence-corrected chi connectivity index (χ1v) is 12.0. The monoisotopic (exact) mass is 528 g/mol. The van der Waals surface area contributed by atoms with Crippen molar-refractivity contribution in [3.05, 3.63) is 58.2 Å². The lowest BCUT2D eigenvalue weighted by atomic mass is 10.0. The Morgan fingerprint density at radius 2 is 1.29 bits per heavy atom. The van der Waals surface area contributed by atoms with E-state index in [2.05, 4.69) is 20.0 Å². The SMILES string of the molecule is COC(=O)C(C)(C)NC(=O)OC(=O)C(C)(C)N(Cc1cc(C)nc(C)c1)C(=O)OCc1cc(C)nc(C)c1. The van der Waals surface area contributed by atoms with Crippen molar-refractivity contribution in [1.82, 2.24) is 20.2 Å². The number of hydrogen-bond acceptors (Lipinski definition) is 9. The lowest BCUT2D eigenvalue weighted by Gasteiger charge is -2.35. The van der Waals surface area contributed by atoms with Gasteiger partial charge in [0.05, 0.1) is 13.7 Å². The summed E-state index contributed by atoms with van der Waals surface area (Å²) in [4.78, 5) is 60.7. The van der Waals surface area contributed by atoms with Gasteiger partial charge in [0.15, 0.2) is 0 Å². The van der Waals surface area contributed by atoms with Gasteiger partial charge >= 0.3 is 24.1 Å². The third-order valence-electron chi connectivity index (χ3n) is 5.68. The molecule has 2 aromatic rings. The van der Waals surface area contributed by atoms with Crippen molar-refractivity contribution >= 4 is 24.1 Å². The van der Waals surface area contributed by atoms with E-state index in [0.717, 1.165) is 28.3 Å². The van der Waals surface area contributed by atoms with Crippen LogP contribution in [0.1, 0.15) is 61.6 Å². The number of esters is 2. The molecule has 0 spiro atoms. The van der Waals surface area contributed by atoms with Crippen LogP contribution in [-0.2, 0) is 37.0 Å². The zero-order chi connectivity index (χ0) is 28.8. The number of aryl methyl sites for hydroxylation is 4. The fourth-order valence-electron chi connectivity index (χ4n) is 3.82. The first-order chi connectivity index (χ1) is 17.5. The molecule has 0 aliphatic carbocycles. The van der Waals surface area contributed by atoms with E-state index >= 15 is 0 Å². The zero-order valence-electron chi connectivity index (χ0n) is 23.4. The Kier molecular flexibility index (Phi) is 9.55. The first kappa shape index (κ1) is 30.2. The van der Waals surface area contributed by atoms with E-state index in [4.69, 9.17) is 9.47 Å². The molecule has 1 N–H and O–H groups in total. The van der Waals surface area contributed by atoms with E-state index in [1.54, 1.807) is 24.3 Å². The van der Waals surface area contributed by atoms with Crippen LogP contribution in [0.25, 0.3) is 0 Å². The van der Waals surface area contributed by atoms with Crippen LogP contribution in [0.2, 0.25) is 0 Å². The van der Waals surface area contributed by atoms with Crippen LogP contribution < -0.4 is 5.32 Å². The highest BCUT2D eigenvalue weighted by Crippen LogP contribution is 2.23.